The van der Waals surface area contributed by atoms with E-state index in [0.717, 1.165) is 0 Å². The van der Waals surface area contributed by atoms with E-state index < -0.39 is 43.3 Å². The number of hydrogen-bond acceptors (Lipinski definition) is 4. The second-order valence-corrected chi connectivity index (χ2v) is 6.35. The Balaban J connectivity index is 1.77. The zero-order valence-corrected chi connectivity index (χ0v) is 15.8. The van der Waals surface area contributed by atoms with Crippen molar-refractivity contribution < 1.29 is 40.3 Å². The van der Waals surface area contributed by atoms with Crippen molar-refractivity contribution in [3.05, 3.63) is 64.9 Å². The van der Waals surface area contributed by atoms with Gasteiger partial charge in [-0.05, 0) is 42.8 Å². The highest BCUT2D eigenvalue weighted by atomic mass is 19.3. The van der Waals surface area contributed by atoms with Crippen LogP contribution in [-0.4, -0.2) is 22.3 Å². The standard InChI is InChI=1S/C19H15F6N3O3/c1-9-2-4-11(15(6-9)31-19(24)25)26-18(29)14-5-3-10(30-14)8-28-13(17(22)23)7-12(27-28)16(20)21/h2-7,16-17,19H,8H2,1H3,(H,26,29). The molecule has 3 rings (SSSR count). The number of carbonyl (C=O) groups is 1. The van der Waals surface area contributed by atoms with E-state index in [9.17, 15) is 31.1 Å². The molecule has 2 aromatic heterocycles. The second-order valence-electron chi connectivity index (χ2n) is 6.35. The van der Waals surface area contributed by atoms with Gasteiger partial charge in [-0.3, -0.25) is 9.48 Å². The number of anilines is 1. The van der Waals surface area contributed by atoms with Crippen LogP contribution in [0.4, 0.5) is 32.0 Å². The fourth-order valence-corrected chi connectivity index (χ4v) is 2.70. The molecule has 6 nitrogen and oxygen atoms in total. The summed E-state index contributed by atoms with van der Waals surface area (Å²) >= 11 is 0. The van der Waals surface area contributed by atoms with E-state index >= 15 is 0 Å². The molecule has 2 heterocycles. The molecule has 3 aromatic rings. The third-order valence-electron chi connectivity index (χ3n) is 4.07. The number of nitrogens with zero attached hydrogens (tertiary/aromatic N) is 2. The van der Waals surface area contributed by atoms with Crippen LogP contribution in [0.5, 0.6) is 5.75 Å². The number of amides is 1. The van der Waals surface area contributed by atoms with E-state index in [4.69, 9.17) is 4.42 Å². The Morgan fingerprint density at radius 3 is 2.48 bits per heavy atom. The number of aromatic nitrogens is 2. The summed E-state index contributed by atoms with van der Waals surface area (Å²) in [5.41, 5.74) is -0.967. The van der Waals surface area contributed by atoms with E-state index in [1.807, 2.05) is 0 Å². The van der Waals surface area contributed by atoms with Crippen LogP contribution in [0.2, 0.25) is 0 Å². The normalized spacial score (nSPS) is 11.5. The molecule has 0 fully saturated rings. The van der Waals surface area contributed by atoms with Gasteiger partial charge in [0, 0.05) is 0 Å². The Labute approximate surface area is 171 Å². The first-order valence-corrected chi connectivity index (χ1v) is 8.73. The molecule has 1 amide bonds. The van der Waals surface area contributed by atoms with E-state index in [0.29, 0.717) is 16.3 Å². The van der Waals surface area contributed by atoms with Crippen molar-refractivity contribution >= 4 is 11.6 Å². The summed E-state index contributed by atoms with van der Waals surface area (Å²) in [7, 11) is 0. The summed E-state index contributed by atoms with van der Waals surface area (Å²) in [5.74, 6) is -1.35. The molecule has 0 bridgehead atoms. The SMILES string of the molecule is Cc1ccc(NC(=O)c2ccc(Cn3nc(C(F)F)cc3C(F)F)o2)c(OC(F)F)c1. The van der Waals surface area contributed by atoms with Gasteiger partial charge in [0.2, 0.25) is 0 Å². The van der Waals surface area contributed by atoms with Gasteiger partial charge in [0.05, 0.1) is 12.2 Å². The highest BCUT2D eigenvalue weighted by Gasteiger charge is 2.22. The highest BCUT2D eigenvalue weighted by molar-refractivity contribution is 6.03. The van der Waals surface area contributed by atoms with Crippen molar-refractivity contribution in [1.29, 1.82) is 0 Å². The Morgan fingerprint density at radius 2 is 1.84 bits per heavy atom. The van der Waals surface area contributed by atoms with Gasteiger partial charge in [0.25, 0.3) is 18.8 Å². The van der Waals surface area contributed by atoms with Crippen molar-refractivity contribution in [2.45, 2.75) is 32.9 Å². The fraction of sp³-hybridized carbons (Fsp3) is 0.263. The Hall–Kier alpha value is -3.44. The number of rotatable bonds is 8. The predicted molar refractivity (Wildman–Crippen MR) is 95.7 cm³/mol. The van der Waals surface area contributed by atoms with Crippen molar-refractivity contribution in [3.8, 4) is 5.75 Å². The molecule has 0 aliphatic carbocycles. The van der Waals surface area contributed by atoms with Crippen molar-refractivity contribution in [2.75, 3.05) is 5.32 Å². The Bertz CT molecular complexity index is 1060. The van der Waals surface area contributed by atoms with E-state index in [1.165, 1.54) is 24.3 Å². The first-order chi connectivity index (χ1) is 14.6. The second kappa shape index (κ2) is 9.14. The maximum atomic E-state index is 13.1. The lowest BCUT2D eigenvalue weighted by Gasteiger charge is -2.12. The maximum Gasteiger partial charge on any atom is 0.387 e. The summed E-state index contributed by atoms with van der Waals surface area (Å²) in [6.07, 6.45) is -6.08. The fourth-order valence-electron chi connectivity index (χ4n) is 2.70. The van der Waals surface area contributed by atoms with Crippen LogP contribution >= 0.6 is 0 Å². The number of aryl methyl sites for hydroxylation is 1. The predicted octanol–water partition coefficient (Wildman–Crippen LogP) is 5.56. The van der Waals surface area contributed by atoms with Crippen LogP contribution in [-0.2, 0) is 6.54 Å². The maximum absolute atomic E-state index is 13.1. The molecule has 166 valence electrons. The molecule has 0 unspecified atom stereocenters. The Kier molecular flexibility index (Phi) is 6.56. The number of carbonyl (C=O) groups excluding carboxylic acids is 1. The number of hydrogen-bond donors (Lipinski definition) is 1. The van der Waals surface area contributed by atoms with Gasteiger partial charge in [-0.1, -0.05) is 6.07 Å². The molecule has 1 N–H and O–H groups in total. The third-order valence-corrected chi connectivity index (χ3v) is 4.07. The summed E-state index contributed by atoms with van der Waals surface area (Å²) in [6.45, 7) is -1.89. The summed E-state index contributed by atoms with van der Waals surface area (Å²) in [6, 6.07) is 7.31. The number of benzene rings is 1. The van der Waals surface area contributed by atoms with Crippen LogP contribution in [0, 0.1) is 6.92 Å². The minimum Gasteiger partial charge on any atom is -0.454 e. The minimum atomic E-state index is -3.11. The average molecular weight is 447 g/mol. The van der Waals surface area contributed by atoms with Gasteiger partial charge in [-0.25, -0.2) is 17.6 Å². The molecule has 0 radical (unpaired) electrons. The largest absolute Gasteiger partial charge is 0.454 e. The van der Waals surface area contributed by atoms with Gasteiger partial charge in [-0.2, -0.15) is 13.9 Å². The average Bonchev–Trinajstić information content (AvgIpc) is 3.31. The lowest BCUT2D eigenvalue weighted by atomic mass is 10.2. The van der Waals surface area contributed by atoms with E-state index in [1.54, 1.807) is 13.0 Å². The van der Waals surface area contributed by atoms with Gasteiger partial charge >= 0.3 is 6.61 Å². The minimum absolute atomic E-state index is 0.0103. The van der Waals surface area contributed by atoms with E-state index in [2.05, 4.69) is 15.2 Å². The number of alkyl halides is 6. The lowest BCUT2D eigenvalue weighted by Crippen LogP contribution is -2.13. The summed E-state index contributed by atoms with van der Waals surface area (Å²) < 4.78 is 87.1. The number of halogens is 6. The van der Waals surface area contributed by atoms with E-state index in [-0.39, 0.29) is 23.0 Å². The third kappa shape index (κ3) is 5.38. The summed E-state index contributed by atoms with van der Waals surface area (Å²) in [5, 5.41) is 5.79. The first-order valence-electron chi connectivity index (χ1n) is 8.73. The molecule has 0 saturated heterocycles. The molecule has 0 spiro atoms. The van der Waals surface area contributed by atoms with Crippen molar-refractivity contribution in [1.82, 2.24) is 9.78 Å². The quantitative estimate of drug-likeness (QED) is 0.459. The Morgan fingerprint density at radius 1 is 1.10 bits per heavy atom. The van der Waals surface area contributed by atoms with Crippen LogP contribution in [0.15, 0.2) is 40.8 Å². The molecule has 0 aliphatic rings. The zero-order valence-electron chi connectivity index (χ0n) is 15.8. The molecule has 1 aromatic carbocycles. The molecule has 0 aliphatic heterocycles. The topological polar surface area (TPSA) is 69.3 Å². The number of ether oxygens (including phenoxy) is 1. The van der Waals surface area contributed by atoms with Gasteiger partial charge in [0.15, 0.2) is 5.76 Å². The first kappa shape index (κ1) is 22.2. The molecule has 0 saturated carbocycles. The zero-order chi connectivity index (χ0) is 22.7. The molecule has 12 heteroatoms. The van der Waals surface area contributed by atoms with Crippen LogP contribution in [0.1, 0.15) is 46.1 Å². The number of furan rings is 1. The van der Waals surface area contributed by atoms with Gasteiger partial charge < -0.3 is 14.5 Å². The molecular weight excluding hydrogens is 432 g/mol. The number of nitrogens with one attached hydrogen (secondary N) is 1. The molecule has 0 atom stereocenters. The van der Waals surface area contributed by atoms with Gasteiger partial charge in [0.1, 0.15) is 22.9 Å². The van der Waals surface area contributed by atoms with Crippen LogP contribution in [0.25, 0.3) is 0 Å². The van der Waals surface area contributed by atoms with Crippen LogP contribution in [0.3, 0.4) is 0 Å². The van der Waals surface area contributed by atoms with Crippen LogP contribution < -0.4 is 10.1 Å². The smallest absolute Gasteiger partial charge is 0.387 e. The summed E-state index contributed by atoms with van der Waals surface area (Å²) in [4.78, 5) is 12.4. The van der Waals surface area contributed by atoms with Crippen molar-refractivity contribution in [3.63, 3.8) is 0 Å². The van der Waals surface area contributed by atoms with Gasteiger partial charge in [-0.15, -0.1) is 0 Å². The highest BCUT2D eigenvalue weighted by Crippen LogP contribution is 2.29. The lowest BCUT2D eigenvalue weighted by molar-refractivity contribution is -0.0494. The van der Waals surface area contributed by atoms with Crippen molar-refractivity contribution in [2.24, 2.45) is 0 Å². The molecular formula is C19H15F6N3O3. The molecule has 31 heavy (non-hydrogen) atoms. The monoisotopic (exact) mass is 447 g/mol.